The highest BCUT2D eigenvalue weighted by atomic mass is 32.2. The molecule has 1 aliphatic rings. The molecule has 0 heterocycles. The molecule has 1 fully saturated rings. The maximum absolute atomic E-state index is 11.1. The third-order valence-electron chi connectivity index (χ3n) is 3.89. The zero-order valence-electron chi connectivity index (χ0n) is 12.1. The van der Waals surface area contributed by atoms with Crippen LogP contribution in [-0.4, -0.2) is 23.4 Å². The highest BCUT2D eigenvalue weighted by Crippen LogP contribution is 2.35. The Hall–Kier alpha value is -1.16. The highest BCUT2D eigenvalue weighted by Gasteiger charge is 2.20. The first-order valence-electron chi connectivity index (χ1n) is 7.12. The molecule has 2 atom stereocenters. The van der Waals surface area contributed by atoms with E-state index in [0.29, 0.717) is 10.8 Å². The van der Waals surface area contributed by atoms with Gasteiger partial charge in [0.2, 0.25) is 0 Å². The Balaban J connectivity index is 2.03. The van der Waals surface area contributed by atoms with Crippen LogP contribution in [0.5, 0.6) is 5.75 Å². The van der Waals surface area contributed by atoms with Crippen LogP contribution in [0.3, 0.4) is 0 Å². The normalized spacial score (nSPS) is 22.5. The molecule has 0 spiro atoms. The second kappa shape index (κ2) is 7.02. The number of thioether (sulfide) groups is 1. The van der Waals surface area contributed by atoms with Crippen molar-refractivity contribution in [2.45, 2.75) is 43.6 Å². The van der Waals surface area contributed by atoms with Crippen molar-refractivity contribution in [2.75, 3.05) is 7.11 Å². The van der Waals surface area contributed by atoms with Crippen molar-refractivity contribution in [3.05, 3.63) is 29.3 Å². The van der Waals surface area contributed by atoms with E-state index < -0.39 is 5.97 Å². The molecular weight excluding hydrogens is 272 g/mol. The monoisotopic (exact) mass is 294 g/mol. The average Bonchev–Trinajstić information content (AvgIpc) is 2.44. The average molecular weight is 294 g/mol. The quantitative estimate of drug-likeness (QED) is 0.884. The third kappa shape index (κ3) is 3.92. The number of ether oxygens (including phenoxy) is 1. The Kier molecular flexibility index (Phi) is 5.35. The smallest absolute Gasteiger partial charge is 0.335 e. The lowest BCUT2D eigenvalue weighted by Gasteiger charge is -2.26. The van der Waals surface area contributed by atoms with Crippen molar-refractivity contribution < 1.29 is 14.6 Å². The standard InChI is InChI=1S/C16H22O3S/c1-11-4-3-5-14(8-11)20-10-13-9-12(16(17)18)6-7-15(13)19-2/h6-7,9,11,14H,3-5,8,10H2,1-2H3,(H,17,18). The number of carboxylic acids is 1. The number of carboxylic acid groups (broad SMARTS) is 1. The van der Waals surface area contributed by atoms with Crippen molar-refractivity contribution in [1.82, 2.24) is 0 Å². The molecule has 2 rings (SSSR count). The van der Waals surface area contributed by atoms with Gasteiger partial charge in [-0.15, -0.1) is 0 Å². The van der Waals surface area contributed by atoms with Gasteiger partial charge < -0.3 is 9.84 Å². The predicted octanol–water partition coefficient (Wildman–Crippen LogP) is 4.21. The summed E-state index contributed by atoms with van der Waals surface area (Å²) in [6.07, 6.45) is 5.20. The third-order valence-corrected chi connectivity index (χ3v) is 5.27. The van der Waals surface area contributed by atoms with Gasteiger partial charge in [0.1, 0.15) is 5.75 Å². The van der Waals surface area contributed by atoms with Gasteiger partial charge in [-0.05, 0) is 37.0 Å². The summed E-state index contributed by atoms with van der Waals surface area (Å²) < 4.78 is 5.33. The molecule has 3 nitrogen and oxygen atoms in total. The molecule has 0 aliphatic heterocycles. The van der Waals surface area contributed by atoms with E-state index in [1.807, 2.05) is 11.8 Å². The molecule has 1 N–H and O–H groups in total. The van der Waals surface area contributed by atoms with Gasteiger partial charge in [-0.25, -0.2) is 4.79 Å². The minimum absolute atomic E-state index is 0.332. The van der Waals surface area contributed by atoms with Crippen molar-refractivity contribution in [2.24, 2.45) is 5.92 Å². The summed E-state index contributed by atoms with van der Waals surface area (Å²) in [6.45, 7) is 2.32. The molecule has 0 saturated heterocycles. The Labute approximate surface area is 124 Å². The van der Waals surface area contributed by atoms with E-state index in [2.05, 4.69) is 6.92 Å². The van der Waals surface area contributed by atoms with Gasteiger partial charge in [0, 0.05) is 16.6 Å². The number of methoxy groups -OCH3 is 1. The molecule has 0 radical (unpaired) electrons. The van der Waals surface area contributed by atoms with E-state index in [4.69, 9.17) is 9.84 Å². The lowest BCUT2D eigenvalue weighted by Crippen LogP contribution is -2.15. The van der Waals surface area contributed by atoms with Gasteiger partial charge >= 0.3 is 5.97 Å². The topological polar surface area (TPSA) is 46.5 Å². The number of hydrogen-bond acceptors (Lipinski definition) is 3. The van der Waals surface area contributed by atoms with Crippen LogP contribution < -0.4 is 4.74 Å². The Morgan fingerprint density at radius 2 is 2.25 bits per heavy atom. The van der Waals surface area contributed by atoms with Gasteiger partial charge in [-0.3, -0.25) is 0 Å². The molecule has 110 valence electrons. The summed E-state index contributed by atoms with van der Waals surface area (Å²) in [5.74, 6) is 1.53. The van der Waals surface area contributed by atoms with Gasteiger partial charge in [0.15, 0.2) is 0 Å². The largest absolute Gasteiger partial charge is 0.496 e. The summed E-state index contributed by atoms with van der Waals surface area (Å²) in [5, 5.41) is 9.77. The van der Waals surface area contributed by atoms with E-state index in [1.165, 1.54) is 25.7 Å². The van der Waals surface area contributed by atoms with Crippen molar-refractivity contribution >= 4 is 17.7 Å². The van der Waals surface area contributed by atoms with Crippen LogP contribution >= 0.6 is 11.8 Å². The SMILES string of the molecule is COc1ccc(C(=O)O)cc1CSC1CCCC(C)C1. The second-order valence-corrected chi connectivity index (χ2v) is 6.83. The van der Waals surface area contributed by atoms with Gasteiger partial charge in [-0.2, -0.15) is 11.8 Å². The Bertz CT molecular complexity index is 473. The molecule has 4 heteroatoms. The van der Waals surface area contributed by atoms with Gasteiger partial charge in [0.25, 0.3) is 0 Å². The minimum Gasteiger partial charge on any atom is -0.496 e. The summed E-state index contributed by atoms with van der Waals surface area (Å²) in [5.41, 5.74) is 1.31. The first-order chi connectivity index (χ1) is 9.60. The fourth-order valence-corrected chi connectivity index (χ4v) is 4.20. The molecule has 1 saturated carbocycles. The first-order valence-corrected chi connectivity index (χ1v) is 8.17. The van der Waals surface area contributed by atoms with Crippen LogP contribution in [0.1, 0.15) is 48.5 Å². The number of carbonyl (C=O) groups is 1. The fraction of sp³-hybridized carbons (Fsp3) is 0.562. The van der Waals surface area contributed by atoms with Crippen LogP contribution in [0.15, 0.2) is 18.2 Å². The van der Waals surface area contributed by atoms with E-state index >= 15 is 0 Å². The second-order valence-electron chi connectivity index (χ2n) is 5.54. The summed E-state index contributed by atoms with van der Waals surface area (Å²) in [6, 6.07) is 5.08. The summed E-state index contributed by atoms with van der Waals surface area (Å²) >= 11 is 1.93. The van der Waals surface area contributed by atoms with Crippen LogP contribution in [0.4, 0.5) is 0 Å². The Morgan fingerprint density at radius 3 is 2.90 bits per heavy atom. The molecule has 0 aromatic heterocycles. The van der Waals surface area contributed by atoms with E-state index in [0.717, 1.165) is 23.0 Å². The molecule has 1 aliphatic carbocycles. The van der Waals surface area contributed by atoms with Crippen LogP contribution in [0.2, 0.25) is 0 Å². The van der Waals surface area contributed by atoms with Crippen molar-refractivity contribution in [1.29, 1.82) is 0 Å². The lowest BCUT2D eigenvalue weighted by atomic mass is 9.91. The molecule has 20 heavy (non-hydrogen) atoms. The number of rotatable bonds is 5. The number of aromatic carboxylic acids is 1. The maximum atomic E-state index is 11.1. The fourth-order valence-electron chi connectivity index (χ4n) is 2.76. The molecule has 1 aromatic carbocycles. The van der Waals surface area contributed by atoms with E-state index in [9.17, 15) is 4.79 Å². The molecular formula is C16H22O3S. The molecule has 1 aromatic rings. The van der Waals surface area contributed by atoms with E-state index in [1.54, 1.807) is 25.3 Å². The van der Waals surface area contributed by atoms with Crippen LogP contribution in [0.25, 0.3) is 0 Å². The van der Waals surface area contributed by atoms with Crippen LogP contribution in [-0.2, 0) is 5.75 Å². The first kappa shape index (κ1) is 15.2. The number of hydrogen-bond donors (Lipinski definition) is 1. The summed E-state index contributed by atoms with van der Waals surface area (Å²) in [4.78, 5) is 11.1. The van der Waals surface area contributed by atoms with E-state index in [-0.39, 0.29) is 0 Å². The maximum Gasteiger partial charge on any atom is 0.335 e. The van der Waals surface area contributed by atoms with Crippen molar-refractivity contribution in [3.8, 4) is 5.75 Å². The minimum atomic E-state index is -0.884. The predicted molar refractivity (Wildman–Crippen MR) is 82.7 cm³/mol. The zero-order valence-corrected chi connectivity index (χ0v) is 12.9. The lowest BCUT2D eigenvalue weighted by molar-refractivity contribution is 0.0696. The number of benzene rings is 1. The zero-order chi connectivity index (χ0) is 14.5. The van der Waals surface area contributed by atoms with Crippen LogP contribution in [0, 0.1) is 5.92 Å². The molecule has 0 amide bonds. The molecule has 0 bridgehead atoms. The Morgan fingerprint density at radius 1 is 1.45 bits per heavy atom. The van der Waals surface area contributed by atoms with Gasteiger partial charge in [0.05, 0.1) is 12.7 Å². The van der Waals surface area contributed by atoms with Gasteiger partial charge in [-0.1, -0.05) is 19.8 Å². The summed E-state index contributed by atoms with van der Waals surface area (Å²) in [7, 11) is 1.63. The molecule has 2 unspecified atom stereocenters. The highest BCUT2D eigenvalue weighted by molar-refractivity contribution is 7.99. The van der Waals surface area contributed by atoms with Crippen molar-refractivity contribution in [3.63, 3.8) is 0 Å².